The van der Waals surface area contributed by atoms with Crippen LogP contribution in [0.4, 0.5) is 5.69 Å². The summed E-state index contributed by atoms with van der Waals surface area (Å²) < 4.78 is 5.84. The van der Waals surface area contributed by atoms with Crippen LogP contribution < -0.4 is 5.32 Å². The number of amides is 1. The molecule has 1 heterocycles. The van der Waals surface area contributed by atoms with Gasteiger partial charge < -0.3 is 9.73 Å². The lowest BCUT2D eigenvalue weighted by atomic mass is 10.1. The number of anilines is 1. The minimum Gasteiger partial charge on any atom is -0.431 e. The Labute approximate surface area is 168 Å². The first-order chi connectivity index (χ1) is 13.6. The predicted octanol–water partition coefficient (Wildman–Crippen LogP) is 5.92. The molecule has 0 aliphatic rings. The number of carbonyl (C=O) groups excluding carboxylic acids is 1. The molecule has 0 unspecified atom stereocenters. The van der Waals surface area contributed by atoms with Crippen LogP contribution in [0.2, 0.25) is 0 Å². The number of nitrogens with one attached hydrogen (secondary N) is 1. The van der Waals surface area contributed by atoms with Gasteiger partial charge in [0.15, 0.2) is 5.58 Å². The molecular formula is C23H20N2O2S. The van der Waals surface area contributed by atoms with E-state index in [1.165, 1.54) is 11.8 Å². The molecule has 140 valence electrons. The van der Waals surface area contributed by atoms with Crippen LogP contribution in [0.1, 0.15) is 21.9 Å². The van der Waals surface area contributed by atoms with Gasteiger partial charge in [-0.2, -0.15) is 0 Å². The van der Waals surface area contributed by atoms with E-state index in [0.717, 1.165) is 27.9 Å². The zero-order valence-corrected chi connectivity index (χ0v) is 16.5. The largest absolute Gasteiger partial charge is 0.431 e. The van der Waals surface area contributed by atoms with Crippen LogP contribution in [0.5, 0.6) is 0 Å². The third-order valence-electron chi connectivity index (χ3n) is 4.48. The number of benzene rings is 3. The van der Waals surface area contributed by atoms with Crippen LogP contribution >= 0.6 is 11.8 Å². The number of fused-ring (bicyclic) bond motifs is 1. The van der Waals surface area contributed by atoms with Crippen LogP contribution in [0.3, 0.4) is 0 Å². The van der Waals surface area contributed by atoms with Crippen molar-refractivity contribution < 1.29 is 9.21 Å². The molecule has 3 aromatic carbocycles. The highest BCUT2D eigenvalue weighted by atomic mass is 32.2. The maximum atomic E-state index is 13.2. The first kappa shape index (κ1) is 18.3. The third-order valence-corrected chi connectivity index (χ3v) is 5.58. The molecule has 1 N–H and O–H groups in total. The summed E-state index contributed by atoms with van der Waals surface area (Å²) in [6, 6.07) is 23.3. The lowest BCUT2D eigenvalue weighted by molar-refractivity contribution is -0.115. The van der Waals surface area contributed by atoms with Crippen LogP contribution in [0.15, 0.2) is 82.4 Å². The molecule has 0 spiro atoms. The van der Waals surface area contributed by atoms with Crippen molar-refractivity contribution in [2.75, 3.05) is 5.32 Å². The second-order valence-corrected chi connectivity index (χ2v) is 7.72. The molecule has 4 aromatic rings. The number of para-hydroxylation sites is 2. The second kappa shape index (κ2) is 7.90. The topological polar surface area (TPSA) is 55.1 Å². The maximum absolute atomic E-state index is 13.2. The Morgan fingerprint density at radius 3 is 2.54 bits per heavy atom. The number of hydrogen-bond acceptors (Lipinski definition) is 4. The van der Waals surface area contributed by atoms with E-state index in [1.54, 1.807) is 0 Å². The van der Waals surface area contributed by atoms with E-state index < -0.39 is 5.25 Å². The number of thioether (sulfide) groups is 1. The fourth-order valence-electron chi connectivity index (χ4n) is 2.97. The molecule has 1 amide bonds. The zero-order valence-electron chi connectivity index (χ0n) is 15.7. The number of oxazole rings is 1. The molecule has 28 heavy (non-hydrogen) atoms. The Bertz CT molecular complexity index is 1090. The van der Waals surface area contributed by atoms with Crippen molar-refractivity contribution in [2.45, 2.75) is 24.3 Å². The van der Waals surface area contributed by atoms with E-state index in [9.17, 15) is 4.79 Å². The van der Waals surface area contributed by atoms with Gasteiger partial charge in [-0.3, -0.25) is 4.79 Å². The molecule has 4 nitrogen and oxygen atoms in total. The number of nitrogens with zero attached hydrogens (tertiary/aromatic N) is 1. The molecule has 5 heteroatoms. The fraction of sp³-hybridized carbons (Fsp3) is 0.130. The average molecular weight is 388 g/mol. The summed E-state index contributed by atoms with van der Waals surface area (Å²) >= 11 is 1.32. The van der Waals surface area contributed by atoms with Crippen molar-refractivity contribution in [3.8, 4) is 0 Å². The van der Waals surface area contributed by atoms with Gasteiger partial charge in [0, 0.05) is 5.69 Å². The smallest absolute Gasteiger partial charge is 0.257 e. The number of carbonyl (C=O) groups is 1. The SMILES string of the molecule is Cc1ccc(C)c(NC(=O)[C@@H](Sc2nc3ccccc3o2)c2ccccc2)c1. The van der Waals surface area contributed by atoms with Gasteiger partial charge in [0.25, 0.3) is 5.22 Å². The summed E-state index contributed by atoms with van der Waals surface area (Å²) in [5, 5.41) is 3.07. The summed E-state index contributed by atoms with van der Waals surface area (Å²) in [4.78, 5) is 17.7. The molecule has 0 saturated heterocycles. The van der Waals surface area contributed by atoms with Crippen LogP contribution in [-0.2, 0) is 4.79 Å². The Morgan fingerprint density at radius 1 is 1.00 bits per heavy atom. The van der Waals surface area contributed by atoms with Crippen molar-refractivity contribution in [1.29, 1.82) is 0 Å². The molecule has 0 saturated carbocycles. The van der Waals surface area contributed by atoms with Crippen molar-refractivity contribution in [3.63, 3.8) is 0 Å². The minimum absolute atomic E-state index is 0.104. The first-order valence-corrected chi connectivity index (χ1v) is 9.93. The third kappa shape index (κ3) is 3.94. The van der Waals surface area contributed by atoms with Crippen LogP contribution in [-0.4, -0.2) is 10.9 Å². The van der Waals surface area contributed by atoms with E-state index >= 15 is 0 Å². The molecular weight excluding hydrogens is 368 g/mol. The number of aryl methyl sites for hydroxylation is 2. The molecule has 0 aliphatic heterocycles. The number of aromatic nitrogens is 1. The van der Waals surface area contributed by atoms with Crippen LogP contribution in [0.25, 0.3) is 11.1 Å². The van der Waals surface area contributed by atoms with Gasteiger partial charge in [-0.15, -0.1) is 0 Å². The van der Waals surface area contributed by atoms with Crippen molar-refractivity contribution >= 4 is 34.5 Å². The molecule has 1 atom stereocenters. The van der Waals surface area contributed by atoms with E-state index in [0.29, 0.717) is 10.8 Å². The Hall–Kier alpha value is -3.05. The fourth-order valence-corrected chi connectivity index (χ4v) is 3.92. The second-order valence-electron chi connectivity index (χ2n) is 6.66. The zero-order chi connectivity index (χ0) is 19.5. The molecule has 4 rings (SSSR count). The van der Waals surface area contributed by atoms with E-state index in [2.05, 4.69) is 10.3 Å². The average Bonchev–Trinajstić information content (AvgIpc) is 3.12. The van der Waals surface area contributed by atoms with Crippen molar-refractivity contribution in [1.82, 2.24) is 4.98 Å². The van der Waals surface area contributed by atoms with Crippen molar-refractivity contribution in [3.05, 3.63) is 89.5 Å². The molecule has 0 radical (unpaired) electrons. The van der Waals surface area contributed by atoms with E-state index in [4.69, 9.17) is 4.42 Å². The Kier molecular flexibility index (Phi) is 5.17. The lowest BCUT2D eigenvalue weighted by Gasteiger charge is -2.16. The number of rotatable bonds is 5. The van der Waals surface area contributed by atoms with Gasteiger partial charge >= 0.3 is 0 Å². The highest BCUT2D eigenvalue weighted by Gasteiger charge is 2.25. The summed E-state index contributed by atoms with van der Waals surface area (Å²) in [6.45, 7) is 4.00. The van der Waals surface area contributed by atoms with Gasteiger partial charge in [-0.05, 0) is 60.5 Å². The summed E-state index contributed by atoms with van der Waals surface area (Å²) in [5.74, 6) is -0.104. The lowest BCUT2D eigenvalue weighted by Crippen LogP contribution is -2.19. The maximum Gasteiger partial charge on any atom is 0.257 e. The monoisotopic (exact) mass is 388 g/mol. The predicted molar refractivity (Wildman–Crippen MR) is 114 cm³/mol. The normalized spacial score (nSPS) is 12.1. The summed E-state index contributed by atoms with van der Waals surface area (Å²) in [6.07, 6.45) is 0. The Morgan fingerprint density at radius 2 is 1.75 bits per heavy atom. The van der Waals surface area contributed by atoms with Crippen LogP contribution in [0, 0.1) is 13.8 Å². The highest BCUT2D eigenvalue weighted by molar-refractivity contribution is 8.00. The van der Waals surface area contributed by atoms with Gasteiger partial charge in [-0.1, -0.05) is 54.6 Å². The van der Waals surface area contributed by atoms with Crippen molar-refractivity contribution in [2.24, 2.45) is 0 Å². The van der Waals surface area contributed by atoms with Gasteiger partial charge in [0.1, 0.15) is 10.8 Å². The standard InChI is InChI=1S/C23H20N2O2S/c1-15-12-13-16(2)19(14-15)24-22(26)21(17-8-4-3-5-9-17)28-23-25-18-10-6-7-11-20(18)27-23/h3-14,21H,1-2H3,(H,24,26)/t21-/m0/s1. The number of hydrogen-bond donors (Lipinski definition) is 1. The molecule has 0 aliphatic carbocycles. The van der Waals surface area contributed by atoms with Gasteiger partial charge in [0.05, 0.1) is 0 Å². The van der Waals surface area contributed by atoms with Gasteiger partial charge in [0.2, 0.25) is 5.91 Å². The summed E-state index contributed by atoms with van der Waals surface area (Å²) in [7, 11) is 0. The minimum atomic E-state index is -0.478. The first-order valence-electron chi connectivity index (χ1n) is 9.05. The quantitative estimate of drug-likeness (QED) is 0.431. The molecule has 0 fully saturated rings. The molecule has 0 bridgehead atoms. The summed E-state index contributed by atoms with van der Waals surface area (Å²) in [5.41, 5.74) is 5.35. The highest BCUT2D eigenvalue weighted by Crippen LogP contribution is 2.37. The van der Waals surface area contributed by atoms with E-state index in [1.807, 2.05) is 86.6 Å². The van der Waals surface area contributed by atoms with E-state index in [-0.39, 0.29) is 5.91 Å². The Balaban J connectivity index is 1.65. The van der Waals surface area contributed by atoms with Gasteiger partial charge in [-0.25, -0.2) is 4.98 Å². The molecule has 1 aromatic heterocycles.